The zero-order chi connectivity index (χ0) is 18.1. The van der Waals surface area contributed by atoms with Gasteiger partial charge < -0.3 is 10.5 Å². The predicted octanol–water partition coefficient (Wildman–Crippen LogP) is 4.05. The van der Waals surface area contributed by atoms with Crippen LogP contribution in [0, 0.1) is 5.41 Å². The van der Waals surface area contributed by atoms with Crippen LogP contribution in [0.2, 0.25) is 0 Å². The van der Waals surface area contributed by atoms with Crippen LogP contribution >= 0.6 is 24.8 Å². The predicted molar refractivity (Wildman–Crippen MR) is 119 cm³/mol. The molecule has 0 spiro atoms. The molecular weight excluding hydrogens is 395 g/mol. The smallest absolute Gasteiger partial charge is 0.128 e. The van der Waals surface area contributed by atoms with E-state index in [1.54, 1.807) is 7.11 Å². The normalized spacial score (nSPS) is 19.2. The van der Waals surface area contributed by atoms with Gasteiger partial charge in [0.25, 0.3) is 0 Å². The lowest BCUT2D eigenvalue weighted by molar-refractivity contribution is 0.268. The van der Waals surface area contributed by atoms with E-state index in [9.17, 15) is 0 Å². The third kappa shape index (κ3) is 4.28. The molecule has 4 rings (SSSR count). The summed E-state index contributed by atoms with van der Waals surface area (Å²) >= 11 is 0. The van der Waals surface area contributed by atoms with Crippen molar-refractivity contribution in [3.05, 3.63) is 54.4 Å². The number of fused-ring (bicyclic) bond motifs is 1. The molecule has 5 nitrogen and oxygen atoms in total. The van der Waals surface area contributed by atoms with Crippen LogP contribution in [-0.4, -0.2) is 41.2 Å². The summed E-state index contributed by atoms with van der Waals surface area (Å²) in [5, 5.41) is 0. The van der Waals surface area contributed by atoms with E-state index in [0.717, 1.165) is 60.9 Å². The molecule has 0 amide bonds. The van der Waals surface area contributed by atoms with Crippen LogP contribution in [0.15, 0.2) is 48.5 Å². The summed E-state index contributed by atoms with van der Waals surface area (Å²) in [5.41, 5.74) is 9.46. The Balaban J connectivity index is 0.00000140. The van der Waals surface area contributed by atoms with E-state index < -0.39 is 0 Å². The van der Waals surface area contributed by atoms with E-state index in [1.165, 1.54) is 0 Å². The third-order valence-electron chi connectivity index (χ3n) is 5.46. The van der Waals surface area contributed by atoms with Crippen molar-refractivity contribution in [1.82, 2.24) is 14.5 Å². The lowest BCUT2D eigenvalue weighted by atomic mass is 9.90. The molecule has 3 aromatic rings. The number of hydrogen-bond donors (Lipinski definition) is 1. The highest BCUT2D eigenvalue weighted by molar-refractivity contribution is 5.85. The number of hydrogen-bond acceptors (Lipinski definition) is 4. The molecule has 0 aliphatic carbocycles. The zero-order valence-electron chi connectivity index (χ0n) is 16.3. The summed E-state index contributed by atoms with van der Waals surface area (Å²) in [6, 6.07) is 16.5. The monoisotopic (exact) mass is 422 g/mol. The minimum Gasteiger partial charge on any atom is -0.497 e. The van der Waals surface area contributed by atoms with Crippen LogP contribution < -0.4 is 10.5 Å². The molecule has 1 aromatic heterocycles. The van der Waals surface area contributed by atoms with Gasteiger partial charge in [0, 0.05) is 12.2 Å². The molecule has 2 N–H and O–H groups in total. The van der Waals surface area contributed by atoms with Crippen molar-refractivity contribution in [2.24, 2.45) is 11.1 Å². The molecule has 2 aromatic carbocycles. The van der Waals surface area contributed by atoms with Gasteiger partial charge in [0.1, 0.15) is 11.6 Å². The standard InChI is InChI=1S/C21H26N4O.2ClH/c1-21(14-22)11-12-24(15-21)13-20-23-18-5-3-4-6-19(18)25(20)16-7-9-17(26-2)10-8-16;;/h3-10H,11-15,22H2,1-2H3;2*1H. The number of likely N-dealkylation sites (tertiary alicyclic amines) is 1. The molecule has 2 heterocycles. The van der Waals surface area contributed by atoms with Crippen LogP contribution in [0.4, 0.5) is 0 Å². The van der Waals surface area contributed by atoms with Gasteiger partial charge in [-0.15, -0.1) is 24.8 Å². The van der Waals surface area contributed by atoms with Gasteiger partial charge in [-0.25, -0.2) is 4.98 Å². The number of halogens is 2. The fourth-order valence-corrected chi connectivity index (χ4v) is 3.83. The molecule has 0 bridgehead atoms. The number of rotatable bonds is 5. The fraction of sp³-hybridized carbons (Fsp3) is 0.381. The second-order valence-electron chi connectivity index (χ2n) is 7.53. The topological polar surface area (TPSA) is 56.3 Å². The zero-order valence-corrected chi connectivity index (χ0v) is 17.9. The maximum Gasteiger partial charge on any atom is 0.128 e. The summed E-state index contributed by atoms with van der Waals surface area (Å²) in [5.74, 6) is 1.93. The van der Waals surface area contributed by atoms with Gasteiger partial charge in [-0.1, -0.05) is 19.1 Å². The van der Waals surface area contributed by atoms with Gasteiger partial charge in [-0.3, -0.25) is 9.47 Å². The van der Waals surface area contributed by atoms with Crippen molar-refractivity contribution in [3.8, 4) is 11.4 Å². The maximum atomic E-state index is 5.97. The van der Waals surface area contributed by atoms with Gasteiger partial charge in [-0.05, 0) is 61.3 Å². The highest BCUT2D eigenvalue weighted by Crippen LogP contribution is 2.31. The molecule has 7 heteroatoms. The van der Waals surface area contributed by atoms with Gasteiger partial charge in [0.15, 0.2) is 0 Å². The SMILES string of the molecule is COc1ccc(-n2c(CN3CCC(C)(CN)C3)nc3ccccc32)cc1.Cl.Cl. The van der Waals surface area contributed by atoms with Gasteiger partial charge in [0.05, 0.1) is 24.7 Å². The molecule has 1 unspecified atom stereocenters. The summed E-state index contributed by atoms with van der Waals surface area (Å²) < 4.78 is 7.56. The van der Waals surface area contributed by atoms with Gasteiger partial charge >= 0.3 is 0 Å². The Bertz CT molecular complexity index is 912. The Kier molecular flexibility index (Phi) is 7.34. The van der Waals surface area contributed by atoms with Gasteiger partial charge in [0.2, 0.25) is 0 Å². The Labute approximate surface area is 178 Å². The molecule has 152 valence electrons. The van der Waals surface area contributed by atoms with Crippen molar-refractivity contribution in [2.75, 3.05) is 26.7 Å². The largest absolute Gasteiger partial charge is 0.497 e. The summed E-state index contributed by atoms with van der Waals surface area (Å²) in [6.07, 6.45) is 1.15. The molecule has 0 saturated carbocycles. The average molecular weight is 423 g/mol. The Morgan fingerprint density at radius 1 is 1.11 bits per heavy atom. The number of imidazole rings is 1. The van der Waals surface area contributed by atoms with Crippen molar-refractivity contribution in [1.29, 1.82) is 0 Å². The third-order valence-corrected chi connectivity index (χ3v) is 5.46. The van der Waals surface area contributed by atoms with Crippen molar-refractivity contribution < 1.29 is 4.74 Å². The van der Waals surface area contributed by atoms with Crippen molar-refractivity contribution in [3.63, 3.8) is 0 Å². The molecule has 1 saturated heterocycles. The van der Waals surface area contributed by atoms with Crippen LogP contribution in [0.3, 0.4) is 0 Å². The first-order valence-electron chi connectivity index (χ1n) is 9.15. The van der Waals surface area contributed by atoms with Crippen LogP contribution in [-0.2, 0) is 6.54 Å². The molecule has 1 fully saturated rings. The maximum absolute atomic E-state index is 5.97. The Morgan fingerprint density at radius 3 is 2.46 bits per heavy atom. The number of nitrogens with zero attached hydrogens (tertiary/aromatic N) is 3. The number of methoxy groups -OCH3 is 1. The number of ether oxygens (including phenoxy) is 1. The van der Waals surface area contributed by atoms with Crippen molar-refractivity contribution in [2.45, 2.75) is 19.9 Å². The highest BCUT2D eigenvalue weighted by atomic mass is 35.5. The Hall–Kier alpha value is -1.79. The number of para-hydroxylation sites is 2. The molecule has 1 aliphatic rings. The number of nitrogens with two attached hydrogens (primary N) is 1. The quantitative estimate of drug-likeness (QED) is 0.673. The lowest BCUT2D eigenvalue weighted by Gasteiger charge is -2.22. The van der Waals surface area contributed by atoms with E-state index >= 15 is 0 Å². The second-order valence-corrected chi connectivity index (χ2v) is 7.53. The van der Waals surface area contributed by atoms with E-state index in [4.69, 9.17) is 15.5 Å². The number of benzene rings is 2. The molecule has 1 atom stereocenters. The first-order valence-corrected chi connectivity index (χ1v) is 9.15. The molecule has 28 heavy (non-hydrogen) atoms. The van der Waals surface area contributed by atoms with E-state index in [1.807, 2.05) is 18.2 Å². The first kappa shape index (κ1) is 22.5. The van der Waals surface area contributed by atoms with Gasteiger partial charge in [-0.2, -0.15) is 0 Å². The molecular formula is C21H28Cl2N4O. The first-order chi connectivity index (χ1) is 12.6. The van der Waals surface area contributed by atoms with Crippen LogP contribution in [0.1, 0.15) is 19.2 Å². The number of aromatic nitrogens is 2. The fourth-order valence-electron chi connectivity index (χ4n) is 3.83. The van der Waals surface area contributed by atoms with E-state index in [-0.39, 0.29) is 30.2 Å². The van der Waals surface area contributed by atoms with E-state index in [0.29, 0.717) is 0 Å². The molecule has 1 aliphatic heterocycles. The minimum absolute atomic E-state index is 0. The van der Waals surface area contributed by atoms with Crippen molar-refractivity contribution >= 4 is 35.8 Å². The highest BCUT2D eigenvalue weighted by Gasteiger charge is 2.33. The van der Waals surface area contributed by atoms with Crippen LogP contribution in [0.5, 0.6) is 5.75 Å². The second kappa shape index (κ2) is 9.14. The summed E-state index contributed by atoms with van der Waals surface area (Å²) in [7, 11) is 1.69. The summed E-state index contributed by atoms with van der Waals surface area (Å²) in [4.78, 5) is 7.39. The summed E-state index contributed by atoms with van der Waals surface area (Å²) in [6.45, 7) is 5.93. The minimum atomic E-state index is 0. The average Bonchev–Trinajstić information content (AvgIpc) is 3.23. The lowest BCUT2D eigenvalue weighted by Crippen LogP contribution is -2.31. The Morgan fingerprint density at radius 2 is 1.82 bits per heavy atom. The van der Waals surface area contributed by atoms with E-state index in [2.05, 4.69) is 46.7 Å². The molecule has 0 radical (unpaired) electrons. The van der Waals surface area contributed by atoms with Crippen LogP contribution in [0.25, 0.3) is 16.7 Å².